The minimum atomic E-state index is -3.99. The summed E-state index contributed by atoms with van der Waals surface area (Å²) < 4.78 is 107. The predicted molar refractivity (Wildman–Crippen MR) is 139 cm³/mol. The smallest absolute Gasteiger partial charge is 0.268 e. The summed E-state index contributed by atoms with van der Waals surface area (Å²) in [7, 11) is -7.75. The van der Waals surface area contributed by atoms with E-state index < -0.39 is 50.1 Å². The van der Waals surface area contributed by atoms with Gasteiger partial charge in [0.25, 0.3) is 0 Å². The lowest BCUT2D eigenvalue weighted by atomic mass is 10.1. The molecule has 0 radical (unpaired) electrons. The van der Waals surface area contributed by atoms with E-state index in [-0.39, 0.29) is 67.6 Å². The second-order valence-corrected chi connectivity index (χ2v) is 12.7. The first-order valence-corrected chi connectivity index (χ1v) is 15.1. The minimum Gasteiger partial charge on any atom is -0.268 e. The summed E-state index contributed by atoms with van der Waals surface area (Å²) in [5.41, 5.74) is -0.310. The van der Waals surface area contributed by atoms with E-state index in [9.17, 15) is 34.4 Å². The van der Waals surface area contributed by atoms with E-state index in [1.165, 1.54) is 4.31 Å². The van der Waals surface area contributed by atoms with Gasteiger partial charge in [0.2, 0.25) is 0 Å². The molecule has 2 aliphatic rings. The van der Waals surface area contributed by atoms with Crippen LogP contribution in [0.25, 0.3) is 0 Å². The molecule has 0 amide bonds. The van der Waals surface area contributed by atoms with Crippen molar-refractivity contribution in [3.05, 3.63) is 58.1 Å². The molecule has 2 aromatic rings. The van der Waals surface area contributed by atoms with Crippen molar-refractivity contribution >= 4 is 55.0 Å². The van der Waals surface area contributed by atoms with Gasteiger partial charge in [-0.3, -0.25) is 9.44 Å². The van der Waals surface area contributed by atoms with Gasteiger partial charge in [0.05, 0.1) is 21.4 Å². The fourth-order valence-electron chi connectivity index (χ4n) is 3.70. The lowest BCUT2D eigenvalue weighted by molar-refractivity contribution is 0.210. The van der Waals surface area contributed by atoms with Gasteiger partial charge < -0.3 is 0 Å². The monoisotopic (exact) mass is 620 g/mol. The maximum absolute atomic E-state index is 13.4. The maximum atomic E-state index is 13.4. The lowest BCUT2D eigenvalue weighted by Crippen LogP contribution is -2.42. The molecule has 0 atom stereocenters. The molecule has 2 aliphatic heterocycles. The third kappa shape index (κ3) is 8.33. The predicted octanol–water partition coefficient (Wildman–Crippen LogP) is 5.14. The molecular formula is C22H26Cl2F4N4O4S2. The molecule has 2 N–H and O–H groups in total. The summed E-state index contributed by atoms with van der Waals surface area (Å²) in [6, 6.07) is 7.19. The van der Waals surface area contributed by atoms with Crippen molar-refractivity contribution < 1.29 is 34.4 Å². The zero-order valence-electron chi connectivity index (χ0n) is 19.9. The highest BCUT2D eigenvalue weighted by molar-refractivity contribution is 7.90. The molecular weight excluding hydrogens is 595 g/mol. The number of hydrogen-bond donors (Lipinski definition) is 2. The summed E-state index contributed by atoms with van der Waals surface area (Å²) in [6.07, 6.45) is -1.33. The molecule has 0 saturated carbocycles. The maximum Gasteiger partial charge on any atom is 0.301 e. The highest BCUT2D eigenvalue weighted by atomic mass is 35.5. The first-order valence-electron chi connectivity index (χ1n) is 11.5. The molecule has 0 spiro atoms. The van der Waals surface area contributed by atoms with Gasteiger partial charge in [-0.05, 0) is 49.9 Å². The van der Waals surface area contributed by atoms with Crippen LogP contribution in [0.1, 0.15) is 25.7 Å². The Bertz CT molecular complexity index is 1300. The second kappa shape index (κ2) is 13.0. The third-order valence-electron chi connectivity index (χ3n) is 5.81. The zero-order valence-corrected chi connectivity index (χ0v) is 23.0. The standard InChI is InChI=1S/C11H13Cl2FN2O2S.C11H13F3N2O2S/c12-9-2-1-3-10(13)11(9)15-19(17,18)16-6-4-8(14)5-7-16;12-8-3-5-16(6-4-8)19(17,18)15-11-7-9(13)1-2-10(11)14/h1-3,8,15H,4-7H2;1-2,7-8,15H,3-6H2. The van der Waals surface area contributed by atoms with Gasteiger partial charge in [0.1, 0.15) is 24.0 Å². The van der Waals surface area contributed by atoms with Crippen LogP contribution in [0.2, 0.25) is 10.0 Å². The number of benzene rings is 2. The van der Waals surface area contributed by atoms with E-state index in [1.54, 1.807) is 18.2 Å². The highest BCUT2D eigenvalue weighted by Gasteiger charge is 2.29. The van der Waals surface area contributed by atoms with Crippen LogP contribution in [0.3, 0.4) is 0 Å². The van der Waals surface area contributed by atoms with E-state index in [0.717, 1.165) is 22.5 Å². The molecule has 2 heterocycles. The topological polar surface area (TPSA) is 98.8 Å². The molecule has 2 aromatic carbocycles. The Balaban J connectivity index is 0.000000211. The third-order valence-corrected chi connectivity index (χ3v) is 9.47. The molecule has 0 aromatic heterocycles. The molecule has 0 bridgehead atoms. The Labute approximate surface area is 229 Å². The van der Waals surface area contributed by atoms with Crippen LogP contribution < -0.4 is 9.44 Å². The van der Waals surface area contributed by atoms with Crippen molar-refractivity contribution in [3.63, 3.8) is 0 Å². The van der Waals surface area contributed by atoms with Gasteiger partial charge in [0, 0.05) is 32.2 Å². The van der Waals surface area contributed by atoms with Crippen molar-refractivity contribution in [2.75, 3.05) is 35.6 Å². The van der Waals surface area contributed by atoms with Crippen molar-refractivity contribution in [1.82, 2.24) is 8.61 Å². The molecule has 2 saturated heterocycles. The Morgan fingerprint density at radius 1 is 0.737 bits per heavy atom. The van der Waals surface area contributed by atoms with E-state index in [2.05, 4.69) is 4.72 Å². The molecule has 2 fully saturated rings. The summed E-state index contributed by atoms with van der Waals surface area (Å²) in [5, 5.41) is 0.438. The van der Waals surface area contributed by atoms with Crippen LogP contribution in [0.15, 0.2) is 36.4 Å². The van der Waals surface area contributed by atoms with Gasteiger partial charge in [0.15, 0.2) is 0 Å². The molecule has 0 unspecified atom stereocenters. The SMILES string of the molecule is O=S(=O)(Nc1c(Cl)cccc1Cl)N1CCC(F)CC1.O=S(=O)(Nc1cc(F)ccc1F)N1CCC(F)CC1. The molecule has 16 heteroatoms. The van der Waals surface area contributed by atoms with Gasteiger partial charge in [-0.2, -0.15) is 25.4 Å². The first-order chi connectivity index (χ1) is 17.8. The molecule has 8 nitrogen and oxygen atoms in total. The molecule has 0 aliphatic carbocycles. The Morgan fingerprint density at radius 3 is 1.66 bits per heavy atom. The molecule has 212 valence electrons. The van der Waals surface area contributed by atoms with E-state index >= 15 is 0 Å². The summed E-state index contributed by atoms with van der Waals surface area (Å²) in [5.74, 6) is -1.62. The number of nitrogens with zero attached hydrogens (tertiary/aromatic N) is 2. The first kappa shape index (κ1) is 30.7. The second-order valence-electron chi connectivity index (χ2n) is 8.58. The van der Waals surface area contributed by atoms with Crippen molar-refractivity contribution in [3.8, 4) is 0 Å². The zero-order chi connectivity index (χ0) is 28.1. The van der Waals surface area contributed by atoms with Gasteiger partial charge in [-0.25, -0.2) is 17.6 Å². The van der Waals surface area contributed by atoms with Gasteiger partial charge in [-0.1, -0.05) is 29.3 Å². The van der Waals surface area contributed by atoms with Crippen LogP contribution in [-0.4, -0.2) is 64.0 Å². The Morgan fingerprint density at radius 2 is 1.18 bits per heavy atom. The number of halogens is 6. The quantitative estimate of drug-likeness (QED) is 0.437. The Kier molecular flexibility index (Phi) is 10.5. The fraction of sp³-hybridized carbons (Fsp3) is 0.455. The number of nitrogens with one attached hydrogen (secondary N) is 2. The average molecular weight is 622 g/mol. The van der Waals surface area contributed by atoms with E-state index in [1.807, 2.05) is 4.72 Å². The summed E-state index contributed by atoms with van der Waals surface area (Å²) in [6.45, 7) is 0.345. The number of rotatable bonds is 6. The van der Waals surface area contributed by atoms with Gasteiger partial charge in [-0.15, -0.1) is 0 Å². The largest absolute Gasteiger partial charge is 0.301 e. The molecule has 4 rings (SSSR count). The van der Waals surface area contributed by atoms with Crippen LogP contribution >= 0.6 is 23.2 Å². The van der Waals surface area contributed by atoms with Gasteiger partial charge >= 0.3 is 20.4 Å². The number of alkyl halides is 2. The van der Waals surface area contributed by atoms with Crippen LogP contribution in [0, 0.1) is 11.6 Å². The summed E-state index contributed by atoms with van der Waals surface area (Å²) >= 11 is 11.8. The molecule has 38 heavy (non-hydrogen) atoms. The van der Waals surface area contributed by atoms with Crippen molar-refractivity contribution in [2.45, 2.75) is 38.0 Å². The number of piperidine rings is 2. The summed E-state index contributed by atoms with van der Waals surface area (Å²) in [4.78, 5) is 0. The number of para-hydroxylation sites is 1. The fourth-order valence-corrected chi connectivity index (χ4v) is 6.85. The Hall–Kier alpha value is -1.84. The minimum absolute atomic E-state index is 0.0213. The van der Waals surface area contributed by atoms with Crippen molar-refractivity contribution in [1.29, 1.82) is 0 Å². The average Bonchev–Trinajstić information content (AvgIpc) is 2.85. The van der Waals surface area contributed by atoms with E-state index in [4.69, 9.17) is 23.2 Å². The van der Waals surface area contributed by atoms with Crippen molar-refractivity contribution in [2.24, 2.45) is 0 Å². The van der Waals surface area contributed by atoms with Crippen LogP contribution in [-0.2, 0) is 20.4 Å². The lowest BCUT2D eigenvalue weighted by Gasteiger charge is -2.28. The number of hydrogen-bond acceptors (Lipinski definition) is 4. The number of anilines is 2. The van der Waals surface area contributed by atoms with Crippen LogP contribution in [0.5, 0.6) is 0 Å². The van der Waals surface area contributed by atoms with Crippen LogP contribution in [0.4, 0.5) is 28.9 Å². The highest BCUT2D eigenvalue weighted by Crippen LogP contribution is 2.31. The van der Waals surface area contributed by atoms with E-state index in [0.29, 0.717) is 0 Å². The normalized spacial score (nSPS) is 18.5.